The van der Waals surface area contributed by atoms with Gasteiger partial charge >= 0.3 is 0 Å². The zero-order valence-electron chi connectivity index (χ0n) is 13.9. The van der Waals surface area contributed by atoms with E-state index in [0.717, 1.165) is 0 Å². The normalized spacial score (nSPS) is 11.3. The van der Waals surface area contributed by atoms with Crippen molar-refractivity contribution in [2.75, 3.05) is 0 Å². The summed E-state index contributed by atoms with van der Waals surface area (Å²) in [4.78, 5) is 6.91. The van der Waals surface area contributed by atoms with Crippen LogP contribution >= 0.6 is 56.7 Å². The van der Waals surface area contributed by atoms with Crippen LogP contribution in [0, 0.1) is 6.92 Å². The molecule has 0 nitrogen and oxygen atoms in total. The first kappa shape index (κ1) is 16.7. The van der Waals surface area contributed by atoms with Crippen LogP contribution in [0.4, 0.5) is 0 Å². The zero-order chi connectivity index (χ0) is 17.5. The van der Waals surface area contributed by atoms with Gasteiger partial charge in [-0.3, -0.25) is 0 Å². The summed E-state index contributed by atoms with van der Waals surface area (Å²) in [5.74, 6) is 0. The summed E-state index contributed by atoms with van der Waals surface area (Å²) in [5.41, 5.74) is 5.46. The van der Waals surface area contributed by atoms with Gasteiger partial charge in [-0.15, -0.1) is 56.7 Å². The van der Waals surface area contributed by atoms with Crippen molar-refractivity contribution in [2.24, 2.45) is 0 Å². The minimum Gasteiger partial charge on any atom is -0.144 e. The van der Waals surface area contributed by atoms with Crippen molar-refractivity contribution in [1.29, 1.82) is 0 Å². The second kappa shape index (κ2) is 6.91. The average Bonchev–Trinajstić information content (AvgIpc) is 3.42. The summed E-state index contributed by atoms with van der Waals surface area (Å²) >= 11 is 9.20. The fraction of sp³-hybridized carbons (Fsp3) is 0.0476. The summed E-state index contributed by atoms with van der Waals surface area (Å²) in [5, 5.41) is 11.0. The maximum atomic E-state index is 2.28. The molecular weight excluding hydrogens is 413 g/mol. The molecule has 0 saturated heterocycles. The lowest BCUT2D eigenvalue weighted by molar-refractivity contribution is 1.56. The fourth-order valence-electron chi connectivity index (χ4n) is 3.11. The lowest BCUT2D eigenvalue weighted by atomic mass is 10.0. The predicted molar refractivity (Wildman–Crippen MR) is 122 cm³/mol. The van der Waals surface area contributed by atoms with Crippen molar-refractivity contribution in [1.82, 2.24) is 0 Å². The molecular formula is C21H14S5. The Bertz CT molecular complexity index is 1150. The largest absolute Gasteiger partial charge is 0.144 e. The van der Waals surface area contributed by atoms with Gasteiger partial charge < -0.3 is 0 Å². The number of hydrogen-bond acceptors (Lipinski definition) is 5. The van der Waals surface area contributed by atoms with Crippen LogP contribution in [0.2, 0.25) is 0 Å². The molecule has 5 aromatic rings. The second-order valence-corrected chi connectivity index (χ2v) is 10.5. The van der Waals surface area contributed by atoms with Crippen molar-refractivity contribution in [2.45, 2.75) is 6.92 Å². The second-order valence-electron chi connectivity index (χ2n) is 5.90. The highest BCUT2D eigenvalue weighted by atomic mass is 32.1. The molecule has 5 heterocycles. The Kier molecular flexibility index (Phi) is 4.43. The van der Waals surface area contributed by atoms with Gasteiger partial charge in [-0.2, -0.15) is 0 Å². The Morgan fingerprint density at radius 2 is 1.08 bits per heavy atom. The SMILES string of the molecule is Cc1ccsc1-c1sccc1-c1sccc1-c1sccc1-c1cccs1. The van der Waals surface area contributed by atoms with Crippen molar-refractivity contribution < 1.29 is 0 Å². The van der Waals surface area contributed by atoms with E-state index in [0.29, 0.717) is 0 Å². The molecule has 0 saturated carbocycles. The molecule has 0 aliphatic rings. The van der Waals surface area contributed by atoms with Crippen molar-refractivity contribution in [3.63, 3.8) is 0 Å². The van der Waals surface area contributed by atoms with Gasteiger partial charge in [0, 0.05) is 36.2 Å². The minimum absolute atomic E-state index is 1.35. The van der Waals surface area contributed by atoms with Crippen LogP contribution in [0.3, 0.4) is 0 Å². The lowest BCUT2D eigenvalue weighted by Crippen LogP contribution is -1.80. The van der Waals surface area contributed by atoms with E-state index in [9.17, 15) is 0 Å². The third-order valence-electron chi connectivity index (χ3n) is 4.34. The minimum atomic E-state index is 1.35. The van der Waals surface area contributed by atoms with Gasteiger partial charge in [0.2, 0.25) is 0 Å². The Hall–Kier alpha value is -1.50. The Morgan fingerprint density at radius 3 is 1.73 bits per heavy atom. The standard InChI is InChI=1S/C21H14S5/c1-13-4-9-23-18(13)21-16(7-12-26-21)20-15(6-11-25-20)19-14(5-10-24-19)17-3-2-8-22-17/h2-12H,1H3. The van der Waals surface area contributed by atoms with E-state index in [1.165, 1.54) is 46.6 Å². The van der Waals surface area contributed by atoms with Gasteiger partial charge in [-0.1, -0.05) is 6.07 Å². The molecule has 5 aromatic heterocycles. The van der Waals surface area contributed by atoms with Crippen LogP contribution < -0.4 is 0 Å². The van der Waals surface area contributed by atoms with E-state index in [1.54, 1.807) is 0 Å². The van der Waals surface area contributed by atoms with E-state index in [2.05, 4.69) is 70.2 Å². The molecule has 5 heteroatoms. The molecule has 0 aliphatic heterocycles. The van der Waals surface area contributed by atoms with E-state index >= 15 is 0 Å². The monoisotopic (exact) mass is 426 g/mol. The summed E-state index contributed by atoms with van der Waals surface area (Å²) in [6, 6.07) is 13.4. The summed E-state index contributed by atoms with van der Waals surface area (Å²) < 4.78 is 0. The van der Waals surface area contributed by atoms with Gasteiger partial charge in [0.25, 0.3) is 0 Å². The van der Waals surface area contributed by atoms with E-state index in [-0.39, 0.29) is 0 Å². The summed E-state index contributed by atoms with van der Waals surface area (Å²) in [6.45, 7) is 2.21. The molecule has 0 unspecified atom stereocenters. The molecule has 0 amide bonds. The third-order valence-corrected chi connectivity index (χ3v) is 9.23. The van der Waals surface area contributed by atoms with Crippen LogP contribution in [0.15, 0.2) is 63.3 Å². The van der Waals surface area contributed by atoms with E-state index in [1.807, 2.05) is 56.7 Å². The van der Waals surface area contributed by atoms with E-state index < -0.39 is 0 Å². The van der Waals surface area contributed by atoms with Gasteiger partial charge in [0.15, 0.2) is 0 Å². The van der Waals surface area contributed by atoms with Crippen molar-refractivity contribution in [3.05, 3.63) is 68.9 Å². The Labute approximate surface area is 172 Å². The zero-order valence-corrected chi connectivity index (χ0v) is 18.0. The number of rotatable bonds is 4. The Balaban J connectivity index is 1.66. The van der Waals surface area contributed by atoms with E-state index in [4.69, 9.17) is 0 Å². The lowest BCUT2D eigenvalue weighted by Gasteiger charge is -2.06. The first-order valence-corrected chi connectivity index (χ1v) is 12.5. The molecule has 0 N–H and O–H groups in total. The maximum Gasteiger partial charge on any atom is 0.0532 e. The third kappa shape index (κ3) is 2.75. The quantitative estimate of drug-likeness (QED) is 0.269. The van der Waals surface area contributed by atoms with Crippen LogP contribution in [-0.4, -0.2) is 0 Å². The van der Waals surface area contributed by atoms with Crippen molar-refractivity contribution in [3.8, 4) is 41.1 Å². The number of aryl methyl sites for hydroxylation is 1. The van der Waals surface area contributed by atoms with Crippen LogP contribution in [-0.2, 0) is 0 Å². The van der Waals surface area contributed by atoms with Gasteiger partial charge in [0.05, 0.1) is 4.88 Å². The molecule has 0 fully saturated rings. The topological polar surface area (TPSA) is 0 Å². The molecule has 5 rings (SSSR count). The number of hydrogen-bond donors (Lipinski definition) is 0. The molecule has 0 aliphatic carbocycles. The Morgan fingerprint density at radius 1 is 0.500 bits per heavy atom. The fourth-order valence-corrected chi connectivity index (χ4v) is 8.01. The molecule has 128 valence electrons. The summed E-state index contributed by atoms with van der Waals surface area (Å²) in [6.07, 6.45) is 0. The maximum absolute atomic E-state index is 2.28. The highest BCUT2D eigenvalue weighted by molar-refractivity contribution is 7.22. The van der Waals surface area contributed by atoms with Crippen LogP contribution in [0.1, 0.15) is 5.56 Å². The molecule has 0 aromatic carbocycles. The molecule has 0 radical (unpaired) electrons. The van der Waals surface area contributed by atoms with Gasteiger partial charge in [-0.05, 0) is 69.7 Å². The molecule has 0 spiro atoms. The first-order chi connectivity index (χ1) is 12.8. The first-order valence-electron chi connectivity index (χ1n) is 8.14. The highest BCUT2D eigenvalue weighted by Gasteiger charge is 2.19. The number of thiophene rings is 5. The van der Waals surface area contributed by atoms with Crippen LogP contribution in [0.25, 0.3) is 41.1 Å². The molecule has 26 heavy (non-hydrogen) atoms. The van der Waals surface area contributed by atoms with Gasteiger partial charge in [0.1, 0.15) is 0 Å². The van der Waals surface area contributed by atoms with Gasteiger partial charge in [-0.25, -0.2) is 0 Å². The molecule has 0 bridgehead atoms. The predicted octanol–water partition coefficient (Wildman–Crippen LogP) is 8.97. The average molecular weight is 427 g/mol. The summed E-state index contributed by atoms with van der Waals surface area (Å²) in [7, 11) is 0. The highest BCUT2D eigenvalue weighted by Crippen LogP contribution is 2.49. The smallest absolute Gasteiger partial charge is 0.0532 e. The van der Waals surface area contributed by atoms with Crippen molar-refractivity contribution >= 4 is 56.7 Å². The van der Waals surface area contributed by atoms with Crippen LogP contribution in [0.5, 0.6) is 0 Å². The molecule has 0 atom stereocenters.